The van der Waals surface area contributed by atoms with Crippen LogP contribution in [0.4, 0.5) is 0 Å². The summed E-state index contributed by atoms with van der Waals surface area (Å²) in [6.45, 7) is 1.17. The van der Waals surface area contributed by atoms with Gasteiger partial charge in [-0.3, -0.25) is 18.7 Å². The lowest BCUT2D eigenvalue weighted by molar-refractivity contribution is -0.132. The average molecular weight is 457 g/mol. The van der Waals surface area contributed by atoms with E-state index in [0.29, 0.717) is 24.2 Å². The van der Waals surface area contributed by atoms with Gasteiger partial charge in [-0.1, -0.05) is 30.3 Å². The Morgan fingerprint density at radius 3 is 2.28 bits per heavy atom. The second-order valence-electron chi connectivity index (χ2n) is 7.88. The molecule has 1 aliphatic heterocycles. The van der Waals surface area contributed by atoms with E-state index < -0.39 is 27.3 Å². The molecule has 2 aromatic carbocycles. The summed E-state index contributed by atoms with van der Waals surface area (Å²) in [6, 6.07) is 11.6. The third-order valence-electron chi connectivity index (χ3n) is 5.82. The first-order valence-corrected chi connectivity index (χ1v) is 11.7. The fraction of sp³-hybridized carbons (Fsp3) is 0.318. The van der Waals surface area contributed by atoms with Crippen LogP contribution in [0.2, 0.25) is 0 Å². The molecule has 1 fully saturated rings. The van der Waals surface area contributed by atoms with Crippen molar-refractivity contribution in [2.75, 3.05) is 13.1 Å². The molecule has 1 saturated heterocycles. The molecule has 32 heavy (non-hydrogen) atoms. The standard InChI is InChI=1S/C22H24N4O5S/c1-24-18-11-10-16(14-17(18)20(27)25(2)22(24)29)32(30,31)23-19(15-8-4-3-5-9-15)21(28)26-12-6-7-13-26/h3-5,8-11,14,19,23H,6-7,12-13H2,1-2H3. The van der Waals surface area contributed by atoms with Crippen molar-refractivity contribution in [3.63, 3.8) is 0 Å². The normalized spacial score (nSPS) is 15.2. The molecular formula is C22H24N4O5S. The van der Waals surface area contributed by atoms with Crippen molar-refractivity contribution in [3.05, 3.63) is 74.9 Å². The number of aryl methyl sites for hydroxylation is 1. The second kappa shape index (κ2) is 8.36. The third-order valence-corrected chi connectivity index (χ3v) is 7.24. The molecule has 1 atom stereocenters. The predicted octanol–water partition coefficient (Wildman–Crippen LogP) is 0.879. The van der Waals surface area contributed by atoms with Crippen molar-refractivity contribution >= 4 is 26.8 Å². The van der Waals surface area contributed by atoms with Crippen LogP contribution in [0.1, 0.15) is 24.4 Å². The molecule has 0 radical (unpaired) electrons. The first-order chi connectivity index (χ1) is 15.2. The summed E-state index contributed by atoms with van der Waals surface area (Å²) in [5.74, 6) is -0.309. The molecule has 4 rings (SSSR count). The van der Waals surface area contributed by atoms with Crippen molar-refractivity contribution < 1.29 is 13.2 Å². The summed E-state index contributed by atoms with van der Waals surface area (Å²) in [7, 11) is -1.31. The van der Waals surface area contributed by atoms with E-state index >= 15 is 0 Å². The van der Waals surface area contributed by atoms with Gasteiger partial charge in [-0.15, -0.1) is 0 Å². The average Bonchev–Trinajstić information content (AvgIpc) is 3.34. The Kier molecular flexibility index (Phi) is 5.74. The van der Waals surface area contributed by atoms with Gasteiger partial charge in [0.15, 0.2) is 0 Å². The predicted molar refractivity (Wildman–Crippen MR) is 120 cm³/mol. The fourth-order valence-corrected chi connectivity index (χ4v) is 5.19. The molecule has 0 aliphatic carbocycles. The number of carbonyl (C=O) groups excluding carboxylic acids is 1. The number of carbonyl (C=O) groups is 1. The molecule has 1 N–H and O–H groups in total. The monoisotopic (exact) mass is 456 g/mol. The van der Waals surface area contributed by atoms with Gasteiger partial charge in [0.2, 0.25) is 15.9 Å². The molecule has 0 saturated carbocycles. The summed E-state index contributed by atoms with van der Waals surface area (Å²) >= 11 is 0. The maximum absolute atomic E-state index is 13.3. The number of nitrogens with one attached hydrogen (secondary N) is 1. The molecule has 1 aromatic heterocycles. The third kappa shape index (κ3) is 3.87. The molecule has 1 amide bonds. The van der Waals surface area contributed by atoms with Crippen LogP contribution in [-0.4, -0.2) is 41.4 Å². The highest BCUT2D eigenvalue weighted by Crippen LogP contribution is 2.23. The number of aromatic nitrogens is 2. The molecule has 0 spiro atoms. The van der Waals surface area contributed by atoms with E-state index in [2.05, 4.69) is 4.72 Å². The number of fused-ring (bicyclic) bond motifs is 1. The number of sulfonamides is 1. The number of amides is 1. The van der Waals surface area contributed by atoms with Crippen LogP contribution in [0, 0.1) is 0 Å². The molecule has 168 valence electrons. The second-order valence-corrected chi connectivity index (χ2v) is 9.60. The summed E-state index contributed by atoms with van der Waals surface area (Å²) in [6.07, 6.45) is 1.76. The van der Waals surface area contributed by atoms with Crippen LogP contribution in [0.5, 0.6) is 0 Å². The van der Waals surface area contributed by atoms with Gasteiger partial charge in [-0.05, 0) is 36.6 Å². The molecule has 3 aromatic rings. The van der Waals surface area contributed by atoms with Gasteiger partial charge in [0.25, 0.3) is 5.56 Å². The number of rotatable bonds is 5. The van der Waals surface area contributed by atoms with Gasteiger partial charge in [0.1, 0.15) is 6.04 Å². The lowest BCUT2D eigenvalue weighted by Crippen LogP contribution is -2.42. The van der Waals surface area contributed by atoms with Gasteiger partial charge in [-0.25, -0.2) is 13.2 Å². The van der Waals surface area contributed by atoms with E-state index in [1.807, 2.05) is 0 Å². The zero-order valence-electron chi connectivity index (χ0n) is 17.8. The largest absolute Gasteiger partial charge is 0.341 e. The van der Waals surface area contributed by atoms with E-state index in [1.54, 1.807) is 35.2 Å². The van der Waals surface area contributed by atoms with Crippen LogP contribution >= 0.6 is 0 Å². The number of hydrogen-bond donors (Lipinski definition) is 1. The summed E-state index contributed by atoms with van der Waals surface area (Å²) < 4.78 is 31.3. The summed E-state index contributed by atoms with van der Waals surface area (Å²) in [5.41, 5.74) is -0.235. The van der Waals surface area contributed by atoms with Gasteiger partial charge in [0, 0.05) is 27.2 Å². The lowest BCUT2D eigenvalue weighted by Gasteiger charge is -2.24. The van der Waals surface area contributed by atoms with Crippen molar-refractivity contribution in [2.45, 2.75) is 23.8 Å². The van der Waals surface area contributed by atoms with Gasteiger partial charge < -0.3 is 4.90 Å². The molecule has 2 heterocycles. The molecule has 10 heteroatoms. The highest BCUT2D eigenvalue weighted by atomic mass is 32.2. The fourth-order valence-electron chi connectivity index (χ4n) is 3.99. The molecular weight excluding hydrogens is 432 g/mol. The Balaban J connectivity index is 1.77. The van der Waals surface area contributed by atoms with Crippen LogP contribution in [0.25, 0.3) is 10.9 Å². The Morgan fingerprint density at radius 1 is 0.969 bits per heavy atom. The quantitative estimate of drug-likeness (QED) is 0.613. The van der Waals surface area contributed by atoms with Crippen molar-refractivity contribution in [3.8, 4) is 0 Å². The topological polar surface area (TPSA) is 110 Å². The van der Waals surface area contributed by atoms with E-state index in [1.165, 1.54) is 36.9 Å². The Morgan fingerprint density at radius 2 is 1.62 bits per heavy atom. The Bertz CT molecular complexity index is 1400. The van der Waals surface area contributed by atoms with E-state index in [4.69, 9.17) is 0 Å². The highest BCUT2D eigenvalue weighted by molar-refractivity contribution is 7.89. The van der Waals surface area contributed by atoms with Crippen LogP contribution < -0.4 is 16.0 Å². The summed E-state index contributed by atoms with van der Waals surface area (Å²) in [5, 5.41) is 0.0969. The highest BCUT2D eigenvalue weighted by Gasteiger charge is 2.32. The molecule has 1 unspecified atom stereocenters. The van der Waals surface area contributed by atoms with Crippen LogP contribution in [0.3, 0.4) is 0 Å². The van der Waals surface area contributed by atoms with Gasteiger partial charge in [0.05, 0.1) is 15.8 Å². The zero-order chi connectivity index (χ0) is 23.0. The first-order valence-electron chi connectivity index (χ1n) is 10.3. The molecule has 9 nitrogen and oxygen atoms in total. The van der Waals surface area contributed by atoms with Crippen LogP contribution in [0.15, 0.2) is 63.0 Å². The first kappa shape index (κ1) is 22.0. The smallest absolute Gasteiger partial charge is 0.330 e. The number of benzene rings is 2. The van der Waals surface area contributed by atoms with Crippen molar-refractivity contribution in [1.82, 2.24) is 18.8 Å². The van der Waals surface area contributed by atoms with E-state index in [9.17, 15) is 22.8 Å². The minimum atomic E-state index is -4.16. The minimum absolute atomic E-state index is 0.0969. The maximum Gasteiger partial charge on any atom is 0.330 e. The number of hydrogen-bond acceptors (Lipinski definition) is 5. The van der Waals surface area contributed by atoms with E-state index in [0.717, 1.165) is 17.4 Å². The van der Waals surface area contributed by atoms with Gasteiger partial charge in [-0.2, -0.15) is 4.72 Å². The zero-order valence-corrected chi connectivity index (χ0v) is 18.6. The Labute approximate surface area is 184 Å². The van der Waals surface area contributed by atoms with Crippen LogP contribution in [-0.2, 0) is 28.9 Å². The number of nitrogens with zero attached hydrogens (tertiary/aromatic N) is 3. The van der Waals surface area contributed by atoms with Crippen molar-refractivity contribution in [1.29, 1.82) is 0 Å². The SMILES string of the molecule is Cn1c(=O)c2cc(S(=O)(=O)NC(C(=O)N3CCCC3)c3ccccc3)ccc2n(C)c1=O. The number of likely N-dealkylation sites (tertiary alicyclic amines) is 1. The summed E-state index contributed by atoms with van der Waals surface area (Å²) in [4.78, 5) is 39.4. The molecule has 1 aliphatic rings. The minimum Gasteiger partial charge on any atom is -0.341 e. The Hall–Kier alpha value is -3.24. The molecule has 0 bridgehead atoms. The lowest BCUT2D eigenvalue weighted by atomic mass is 10.1. The maximum atomic E-state index is 13.3. The van der Waals surface area contributed by atoms with Crippen molar-refractivity contribution in [2.24, 2.45) is 14.1 Å². The van der Waals surface area contributed by atoms with Gasteiger partial charge >= 0.3 is 5.69 Å². The van der Waals surface area contributed by atoms with E-state index in [-0.39, 0.29) is 16.2 Å².